The van der Waals surface area contributed by atoms with E-state index in [1.165, 1.54) is 33.8 Å². The van der Waals surface area contributed by atoms with Gasteiger partial charge in [0.1, 0.15) is 0 Å². The lowest BCUT2D eigenvalue weighted by atomic mass is 9.75. The summed E-state index contributed by atoms with van der Waals surface area (Å²) >= 11 is 0. The van der Waals surface area contributed by atoms with Crippen molar-refractivity contribution >= 4 is 17.1 Å². The highest BCUT2D eigenvalue weighted by Crippen LogP contribution is 2.38. The molecular weight excluding hydrogens is 386 g/mol. The molecular formula is C31H41N. The zero-order chi connectivity index (χ0) is 23.5. The molecule has 0 bridgehead atoms. The van der Waals surface area contributed by atoms with Crippen molar-refractivity contribution in [2.45, 2.75) is 79.1 Å². The highest BCUT2D eigenvalue weighted by Gasteiger charge is 2.25. The molecule has 1 heteroatoms. The summed E-state index contributed by atoms with van der Waals surface area (Å²) in [6.07, 6.45) is 1.16. The van der Waals surface area contributed by atoms with Crippen LogP contribution in [0.1, 0.15) is 90.3 Å². The Morgan fingerprint density at radius 2 is 1.03 bits per heavy atom. The van der Waals surface area contributed by atoms with E-state index in [-0.39, 0.29) is 5.41 Å². The maximum atomic E-state index is 2.37. The van der Waals surface area contributed by atoms with Crippen LogP contribution >= 0.6 is 0 Å². The van der Waals surface area contributed by atoms with Gasteiger partial charge in [0.2, 0.25) is 0 Å². The third-order valence-corrected chi connectivity index (χ3v) is 7.46. The lowest BCUT2D eigenvalue weighted by molar-refractivity contribution is 0.372. The van der Waals surface area contributed by atoms with Crippen molar-refractivity contribution in [1.29, 1.82) is 0 Å². The number of anilines is 3. The minimum atomic E-state index is 0.153. The maximum absolute atomic E-state index is 2.37. The van der Waals surface area contributed by atoms with Crippen LogP contribution in [-0.2, 0) is 5.41 Å². The minimum absolute atomic E-state index is 0.153. The van der Waals surface area contributed by atoms with E-state index < -0.39 is 0 Å². The summed E-state index contributed by atoms with van der Waals surface area (Å²) in [6.45, 7) is 18.3. The van der Waals surface area contributed by atoms with E-state index in [0.717, 1.165) is 6.42 Å². The first-order valence-corrected chi connectivity index (χ1v) is 12.3. The van der Waals surface area contributed by atoms with Crippen molar-refractivity contribution < 1.29 is 0 Å². The molecule has 0 saturated heterocycles. The van der Waals surface area contributed by atoms with E-state index in [1.54, 1.807) is 0 Å². The fourth-order valence-electron chi connectivity index (χ4n) is 4.02. The normalized spacial score (nSPS) is 12.9. The molecule has 0 aliphatic heterocycles. The average molecular weight is 428 g/mol. The molecule has 1 unspecified atom stereocenters. The molecule has 32 heavy (non-hydrogen) atoms. The van der Waals surface area contributed by atoms with Crippen LogP contribution in [-0.4, -0.2) is 0 Å². The first-order chi connectivity index (χ1) is 15.1. The van der Waals surface area contributed by atoms with Crippen LogP contribution in [0.5, 0.6) is 0 Å². The standard InChI is InChI=1S/C31H41N/c1-9-24(6)26-12-18-29(19-13-26)32(28-16-10-25(11-17-28)22(2)3)30-20-14-27(15-21-30)31(7,8)23(4)5/h10-24H,9H2,1-8H3. The molecule has 170 valence electrons. The molecule has 3 aromatic carbocycles. The fraction of sp³-hybridized carbons (Fsp3) is 0.419. The Kier molecular flexibility index (Phi) is 7.49. The lowest BCUT2D eigenvalue weighted by Gasteiger charge is -2.31. The molecule has 0 aliphatic rings. The van der Waals surface area contributed by atoms with Gasteiger partial charge in [0.25, 0.3) is 0 Å². The van der Waals surface area contributed by atoms with Gasteiger partial charge in [-0.25, -0.2) is 0 Å². The molecule has 0 aliphatic carbocycles. The van der Waals surface area contributed by atoms with Crippen LogP contribution in [0.2, 0.25) is 0 Å². The summed E-state index contributed by atoms with van der Waals surface area (Å²) in [5, 5.41) is 0. The number of hydrogen-bond acceptors (Lipinski definition) is 1. The van der Waals surface area contributed by atoms with Gasteiger partial charge in [-0.1, -0.05) is 91.8 Å². The van der Waals surface area contributed by atoms with Gasteiger partial charge in [-0.05, 0) is 82.7 Å². The van der Waals surface area contributed by atoms with Crippen molar-refractivity contribution in [1.82, 2.24) is 0 Å². The molecule has 3 rings (SSSR count). The number of hydrogen-bond donors (Lipinski definition) is 0. The number of benzene rings is 3. The quantitative estimate of drug-likeness (QED) is 0.346. The third kappa shape index (κ3) is 5.09. The van der Waals surface area contributed by atoms with Gasteiger partial charge in [-0.15, -0.1) is 0 Å². The minimum Gasteiger partial charge on any atom is -0.311 e. The van der Waals surface area contributed by atoms with Crippen molar-refractivity contribution in [3.05, 3.63) is 89.5 Å². The van der Waals surface area contributed by atoms with Crippen molar-refractivity contribution in [2.75, 3.05) is 4.90 Å². The Balaban J connectivity index is 2.04. The first-order valence-electron chi connectivity index (χ1n) is 12.3. The van der Waals surface area contributed by atoms with Gasteiger partial charge in [-0.3, -0.25) is 0 Å². The summed E-state index contributed by atoms with van der Waals surface area (Å²) in [6, 6.07) is 27.3. The largest absolute Gasteiger partial charge is 0.311 e. The summed E-state index contributed by atoms with van der Waals surface area (Å²) in [5.74, 6) is 1.70. The van der Waals surface area contributed by atoms with Crippen LogP contribution in [0.25, 0.3) is 0 Å². The van der Waals surface area contributed by atoms with Crippen molar-refractivity contribution in [3.8, 4) is 0 Å². The summed E-state index contributed by atoms with van der Waals surface area (Å²) in [5.41, 5.74) is 7.91. The molecule has 0 heterocycles. The van der Waals surface area contributed by atoms with E-state index in [2.05, 4.69) is 133 Å². The number of rotatable bonds is 8. The van der Waals surface area contributed by atoms with E-state index in [1.807, 2.05) is 0 Å². The second kappa shape index (κ2) is 9.94. The summed E-state index contributed by atoms with van der Waals surface area (Å²) < 4.78 is 0. The Labute approximate surface area is 196 Å². The maximum Gasteiger partial charge on any atom is 0.0461 e. The van der Waals surface area contributed by atoms with E-state index in [9.17, 15) is 0 Å². The average Bonchev–Trinajstić information content (AvgIpc) is 2.80. The van der Waals surface area contributed by atoms with Gasteiger partial charge in [0, 0.05) is 17.1 Å². The van der Waals surface area contributed by atoms with Crippen LogP contribution < -0.4 is 4.90 Å². The molecule has 0 spiro atoms. The highest BCUT2D eigenvalue weighted by atomic mass is 15.1. The molecule has 0 N–H and O–H groups in total. The van der Waals surface area contributed by atoms with Crippen LogP contribution in [0, 0.1) is 5.92 Å². The van der Waals surface area contributed by atoms with Crippen LogP contribution in [0.3, 0.4) is 0 Å². The van der Waals surface area contributed by atoms with Crippen LogP contribution in [0.15, 0.2) is 72.8 Å². The highest BCUT2D eigenvalue weighted by molar-refractivity contribution is 5.76. The molecule has 0 saturated carbocycles. The molecule has 3 aromatic rings. The SMILES string of the molecule is CCC(C)c1ccc(N(c2ccc(C(C)C)cc2)c2ccc(C(C)(C)C(C)C)cc2)cc1. The molecule has 0 radical (unpaired) electrons. The van der Waals surface area contributed by atoms with Gasteiger partial charge < -0.3 is 4.90 Å². The molecule has 0 aromatic heterocycles. The van der Waals surface area contributed by atoms with Gasteiger partial charge in [-0.2, -0.15) is 0 Å². The Hall–Kier alpha value is -2.54. The molecule has 0 fully saturated rings. The second-order valence-corrected chi connectivity index (χ2v) is 10.4. The van der Waals surface area contributed by atoms with Crippen LogP contribution in [0.4, 0.5) is 17.1 Å². The predicted octanol–water partition coefficient (Wildman–Crippen LogP) is 9.73. The van der Waals surface area contributed by atoms with E-state index in [4.69, 9.17) is 0 Å². The Bertz CT molecular complexity index is 976. The third-order valence-electron chi connectivity index (χ3n) is 7.46. The topological polar surface area (TPSA) is 3.24 Å². The monoisotopic (exact) mass is 427 g/mol. The van der Waals surface area contributed by atoms with Gasteiger partial charge in [0.05, 0.1) is 0 Å². The summed E-state index contributed by atoms with van der Waals surface area (Å²) in [4.78, 5) is 2.37. The summed E-state index contributed by atoms with van der Waals surface area (Å²) in [7, 11) is 0. The van der Waals surface area contributed by atoms with E-state index >= 15 is 0 Å². The zero-order valence-electron chi connectivity index (χ0n) is 21.3. The molecule has 0 amide bonds. The van der Waals surface area contributed by atoms with Crippen molar-refractivity contribution in [2.24, 2.45) is 5.92 Å². The fourth-order valence-corrected chi connectivity index (χ4v) is 4.02. The smallest absolute Gasteiger partial charge is 0.0461 e. The number of nitrogens with zero attached hydrogens (tertiary/aromatic N) is 1. The first kappa shape index (κ1) is 24.1. The molecule has 1 atom stereocenters. The van der Waals surface area contributed by atoms with Gasteiger partial charge in [0.15, 0.2) is 0 Å². The predicted molar refractivity (Wildman–Crippen MR) is 142 cm³/mol. The Morgan fingerprint density at radius 1 is 0.625 bits per heavy atom. The zero-order valence-corrected chi connectivity index (χ0v) is 21.3. The Morgan fingerprint density at radius 3 is 1.41 bits per heavy atom. The lowest BCUT2D eigenvalue weighted by Crippen LogP contribution is -2.24. The van der Waals surface area contributed by atoms with Gasteiger partial charge >= 0.3 is 0 Å². The van der Waals surface area contributed by atoms with Crippen molar-refractivity contribution in [3.63, 3.8) is 0 Å². The second-order valence-electron chi connectivity index (χ2n) is 10.4. The molecule has 1 nitrogen and oxygen atoms in total. The van der Waals surface area contributed by atoms with E-state index in [0.29, 0.717) is 17.8 Å².